The summed E-state index contributed by atoms with van der Waals surface area (Å²) in [7, 11) is 2.06. The number of anilines is 1. The monoisotopic (exact) mass is 260 g/mol. The van der Waals surface area contributed by atoms with Crippen molar-refractivity contribution in [2.45, 2.75) is 46.1 Å². The summed E-state index contributed by atoms with van der Waals surface area (Å²) in [4.78, 5) is 2.61. The fraction of sp³-hybridized carbons (Fsp3) is 0.647. The van der Waals surface area contributed by atoms with Gasteiger partial charge in [0.1, 0.15) is 0 Å². The predicted molar refractivity (Wildman–Crippen MR) is 84.0 cm³/mol. The van der Waals surface area contributed by atoms with Crippen LogP contribution in [0.5, 0.6) is 0 Å². The van der Waals surface area contributed by atoms with Crippen LogP contribution in [0.1, 0.15) is 37.8 Å². The van der Waals surface area contributed by atoms with Gasteiger partial charge in [-0.25, -0.2) is 0 Å². The molecule has 1 aromatic rings. The van der Waals surface area contributed by atoms with E-state index in [-0.39, 0.29) is 5.54 Å². The fourth-order valence-corrected chi connectivity index (χ4v) is 3.31. The maximum atomic E-state index is 3.33. The first-order valence-corrected chi connectivity index (χ1v) is 7.43. The van der Waals surface area contributed by atoms with Crippen LogP contribution in [0.4, 0.5) is 5.69 Å². The Kier molecular flexibility index (Phi) is 4.19. The van der Waals surface area contributed by atoms with Gasteiger partial charge >= 0.3 is 0 Å². The number of benzene rings is 1. The third kappa shape index (κ3) is 3.30. The highest BCUT2D eigenvalue weighted by Gasteiger charge is 2.34. The lowest BCUT2D eigenvalue weighted by atomic mass is 9.84. The molecule has 1 heterocycles. The zero-order chi connectivity index (χ0) is 14.0. The van der Waals surface area contributed by atoms with Crippen LogP contribution in [0.15, 0.2) is 18.2 Å². The van der Waals surface area contributed by atoms with Crippen molar-refractivity contribution in [1.82, 2.24) is 5.32 Å². The normalized spacial score (nSPS) is 22.6. The molecule has 106 valence electrons. The summed E-state index contributed by atoms with van der Waals surface area (Å²) in [6.45, 7) is 11.4. The molecule has 19 heavy (non-hydrogen) atoms. The van der Waals surface area contributed by atoms with E-state index in [0.29, 0.717) is 0 Å². The Labute approximate surface area is 118 Å². The van der Waals surface area contributed by atoms with Gasteiger partial charge in [0.2, 0.25) is 0 Å². The molecule has 1 aliphatic heterocycles. The third-order valence-corrected chi connectivity index (χ3v) is 4.35. The van der Waals surface area contributed by atoms with Gasteiger partial charge in [-0.15, -0.1) is 0 Å². The minimum Gasteiger partial charge on any atom is -0.366 e. The molecule has 1 aromatic carbocycles. The molecule has 1 atom stereocenters. The van der Waals surface area contributed by atoms with Crippen molar-refractivity contribution in [3.05, 3.63) is 29.3 Å². The summed E-state index contributed by atoms with van der Waals surface area (Å²) >= 11 is 0. The lowest BCUT2D eigenvalue weighted by Gasteiger charge is -2.47. The summed E-state index contributed by atoms with van der Waals surface area (Å²) < 4.78 is 0. The summed E-state index contributed by atoms with van der Waals surface area (Å²) in [5.41, 5.74) is 4.39. The number of hydrogen-bond donors (Lipinski definition) is 1. The van der Waals surface area contributed by atoms with E-state index in [4.69, 9.17) is 0 Å². The van der Waals surface area contributed by atoms with Crippen molar-refractivity contribution >= 4 is 5.69 Å². The van der Waals surface area contributed by atoms with E-state index >= 15 is 0 Å². The van der Waals surface area contributed by atoms with Gasteiger partial charge in [0, 0.05) is 17.8 Å². The maximum absolute atomic E-state index is 3.33. The fourth-order valence-electron chi connectivity index (χ4n) is 3.31. The molecular weight excluding hydrogens is 232 g/mol. The van der Waals surface area contributed by atoms with Crippen LogP contribution in [0.2, 0.25) is 0 Å². The van der Waals surface area contributed by atoms with E-state index in [1.54, 1.807) is 0 Å². The molecule has 0 radical (unpaired) electrons. The van der Waals surface area contributed by atoms with E-state index in [1.165, 1.54) is 29.7 Å². The summed E-state index contributed by atoms with van der Waals surface area (Å²) in [6, 6.07) is 6.92. The van der Waals surface area contributed by atoms with E-state index in [1.807, 2.05) is 0 Å². The Bertz CT molecular complexity index is 417. The summed E-state index contributed by atoms with van der Waals surface area (Å²) in [5.74, 6) is 0.763. The molecule has 2 rings (SSSR count). The largest absolute Gasteiger partial charge is 0.366 e. The highest BCUT2D eigenvalue weighted by Crippen LogP contribution is 2.35. The Morgan fingerprint density at radius 2 is 1.84 bits per heavy atom. The highest BCUT2D eigenvalue weighted by molar-refractivity contribution is 5.53. The lowest BCUT2D eigenvalue weighted by Crippen LogP contribution is -2.52. The maximum Gasteiger partial charge on any atom is 0.0376 e. The molecule has 1 aliphatic rings. The Balaban J connectivity index is 2.27. The minimum absolute atomic E-state index is 0.268. The molecule has 1 unspecified atom stereocenters. The van der Waals surface area contributed by atoms with Crippen LogP contribution in [-0.4, -0.2) is 25.7 Å². The molecule has 0 aliphatic carbocycles. The summed E-state index contributed by atoms with van der Waals surface area (Å²) in [6.07, 6.45) is 2.60. The average Bonchev–Trinajstić information content (AvgIpc) is 2.30. The minimum atomic E-state index is 0.268. The van der Waals surface area contributed by atoms with Gasteiger partial charge in [0.15, 0.2) is 0 Å². The first-order valence-electron chi connectivity index (χ1n) is 7.43. The molecule has 0 amide bonds. The molecule has 2 nitrogen and oxygen atoms in total. The zero-order valence-electron chi connectivity index (χ0n) is 13.1. The van der Waals surface area contributed by atoms with Gasteiger partial charge in [0.05, 0.1) is 0 Å². The molecular formula is C17H28N2. The molecule has 1 N–H and O–H groups in total. The van der Waals surface area contributed by atoms with E-state index in [9.17, 15) is 0 Å². The van der Waals surface area contributed by atoms with Crippen LogP contribution in [-0.2, 0) is 0 Å². The topological polar surface area (TPSA) is 15.3 Å². The van der Waals surface area contributed by atoms with Crippen molar-refractivity contribution in [2.75, 3.05) is 25.0 Å². The number of rotatable bonds is 3. The predicted octanol–water partition coefficient (Wildman–Crippen LogP) is 3.52. The van der Waals surface area contributed by atoms with Crippen molar-refractivity contribution in [3.8, 4) is 0 Å². The van der Waals surface area contributed by atoms with Gasteiger partial charge in [-0.2, -0.15) is 0 Å². The highest BCUT2D eigenvalue weighted by atomic mass is 15.2. The second-order valence-corrected chi connectivity index (χ2v) is 6.73. The van der Waals surface area contributed by atoms with Gasteiger partial charge < -0.3 is 10.2 Å². The summed E-state index contributed by atoms with van der Waals surface area (Å²) in [5, 5.41) is 3.33. The molecule has 0 aromatic heterocycles. The Hall–Kier alpha value is -1.02. The van der Waals surface area contributed by atoms with Gasteiger partial charge in [0.25, 0.3) is 0 Å². The molecule has 1 saturated heterocycles. The third-order valence-electron chi connectivity index (χ3n) is 4.35. The standard InChI is InChI=1S/C17H28N2/c1-13-8-14(2)10-16(9-13)19-12-15(11-18-5)6-7-17(19,3)4/h8-10,15,18H,6-7,11-12H2,1-5H3. The van der Waals surface area contributed by atoms with Gasteiger partial charge in [-0.3, -0.25) is 0 Å². The average molecular weight is 260 g/mol. The van der Waals surface area contributed by atoms with Gasteiger partial charge in [-0.1, -0.05) is 6.07 Å². The zero-order valence-corrected chi connectivity index (χ0v) is 13.1. The number of nitrogens with one attached hydrogen (secondary N) is 1. The van der Waals surface area contributed by atoms with E-state index < -0.39 is 0 Å². The molecule has 0 spiro atoms. The second-order valence-electron chi connectivity index (χ2n) is 6.73. The molecule has 2 heteroatoms. The van der Waals surface area contributed by atoms with Crippen LogP contribution >= 0.6 is 0 Å². The first-order chi connectivity index (χ1) is 8.92. The van der Waals surface area contributed by atoms with E-state index in [0.717, 1.165) is 19.0 Å². The number of aryl methyl sites for hydroxylation is 2. The molecule has 0 bridgehead atoms. The number of piperidine rings is 1. The Morgan fingerprint density at radius 1 is 1.21 bits per heavy atom. The van der Waals surface area contributed by atoms with Crippen molar-refractivity contribution in [1.29, 1.82) is 0 Å². The van der Waals surface area contributed by atoms with Crippen LogP contribution in [0.25, 0.3) is 0 Å². The van der Waals surface area contributed by atoms with Crippen LogP contribution in [0.3, 0.4) is 0 Å². The quantitative estimate of drug-likeness (QED) is 0.894. The molecule has 0 saturated carbocycles. The second kappa shape index (κ2) is 5.54. The SMILES string of the molecule is CNCC1CCC(C)(C)N(c2cc(C)cc(C)c2)C1. The van der Waals surface area contributed by atoms with Gasteiger partial charge in [-0.05, 0) is 83.3 Å². The smallest absolute Gasteiger partial charge is 0.0376 e. The van der Waals surface area contributed by atoms with Crippen molar-refractivity contribution in [2.24, 2.45) is 5.92 Å². The van der Waals surface area contributed by atoms with E-state index in [2.05, 4.69) is 63.2 Å². The number of hydrogen-bond acceptors (Lipinski definition) is 2. The van der Waals surface area contributed by atoms with Crippen molar-refractivity contribution in [3.63, 3.8) is 0 Å². The first kappa shape index (κ1) is 14.4. The Morgan fingerprint density at radius 3 is 2.42 bits per heavy atom. The van der Waals surface area contributed by atoms with Crippen LogP contribution < -0.4 is 10.2 Å². The van der Waals surface area contributed by atoms with Crippen molar-refractivity contribution < 1.29 is 0 Å². The molecule has 1 fully saturated rings. The number of nitrogens with zero attached hydrogens (tertiary/aromatic N) is 1. The van der Waals surface area contributed by atoms with Crippen LogP contribution in [0, 0.1) is 19.8 Å². The lowest BCUT2D eigenvalue weighted by molar-refractivity contribution is 0.287.